The summed E-state index contributed by atoms with van der Waals surface area (Å²) in [5.74, 6) is 0.488. The third-order valence-electron chi connectivity index (χ3n) is 4.55. The summed E-state index contributed by atoms with van der Waals surface area (Å²) in [6, 6.07) is 2.29. The lowest BCUT2D eigenvalue weighted by Crippen LogP contribution is -2.43. The molecule has 0 saturated carbocycles. The van der Waals surface area contributed by atoms with Crippen molar-refractivity contribution in [3.63, 3.8) is 0 Å². The largest absolute Gasteiger partial charge is 0.505 e. The Bertz CT molecular complexity index is 546. The zero-order valence-corrected chi connectivity index (χ0v) is 13.6. The second kappa shape index (κ2) is 5.39. The Labute approximate surface area is 127 Å². The van der Waals surface area contributed by atoms with E-state index in [9.17, 15) is 5.11 Å². The molecule has 1 aromatic rings. The van der Waals surface area contributed by atoms with E-state index in [1.165, 1.54) is 11.3 Å². The van der Waals surface area contributed by atoms with Gasteiger partial charge in [0, 0.05) is 37.4 Å². The molecule has 116 valence electrons. The molecular weight excluding hydrogens is 264 g/mol. The molecule has 21 heavy (non-hydrogen) atoms. The summed E-state index contributed by atoms with van der Waals surface area (Å²) in [7, 11) is 4.24. The third-order valence-corrected chi connectivity index (χ3v) is 4.55. The maximum absolute atomic E-state index is 10.9. The molecule has 0 spiro atoms. The van der Waals surface area contributed by atoms with Crippen molar-refractivity contribution in [3.8, 4) is 5.75 Å². The highest BCUT2D eigenvalue weighted by Crippen LogP contribution is 2.44. The van der Waals surface area contributed by atoms with E-state index in [4.69, 9.17) is 0 Å². The first kappa shape index (κ1) is 14.5. The van der Waals surface area contributed by atoms with E-state index in [1.54, 1.807) is 0 Å². The van der Waals surface area contributed by atoms with Gasteiger partial charge in [-0.05, 0) is 39.6 Å². The van der Waals surface area contributed by atoms with Crippen molar-refractivity contribution in [1.29, 1.82) is 0 Å². The van der Waals surface area contributed by atoms with E-state index < -0.39 is 0 Å². The Hall–Kier alpha value is -1.46. The van der Waals surface area contributed by atoms with Crippen molar-refractivity contribution in [2.75, 3.05) is 50.3 Å². The summed E-state index contributed by atoms with van der Waals surface area (Å²) < 4.78 is 0. The zero-order valence-electron chi connectivity index (χ0n) is 13.6. The number of benzene rings is 1. The molecule has 0 aliphatic carbocycles. The quantitative estimate of drug-likeness (QED) is 0.899. The minimum atomic E-state index is 0.488. The van der Waals surface area contributed by atoms with Gasteiger partial charge in [-0.2, -0.15) is 0 Å². The van der Waals surface area contributed by atoms with Gasteiger partial charge in [-0.15, -0.1) is 0 Å². The van der Waals surface area contributed by atoms with Crippen molar-refractivity contribution < 1.29 is 5.11 Å². The Morgan fingerprint density at radius 1 is 1.00 bits per heavy atom. The molecule has 0 unspecified atom stereocenters. The second-order valence-electron chi connectivity index (χ2n) is 6.25. The molecule has 3 rings (SSSR count). The summed E-state index contributed by atoms with van der Waals surface area (Å²) in [6.45, 7) is 9.72. The number of phenolic OH excluding ortho intramolecular Hbond substituents is 1. The number of hydrogen-bond donors (Lipinski definition) is 1. The first-order valence-corrected chi connectivity index (χ1v) is 7.79. The van der Waals surface area contributed by atoms with Crippen LogP contribution in [0.2, 0.25) is 0 Å². The standard InChI is InChI=1S/C16H26N4O/c1-5-19-10-18(4)9-13-14(19)7-12-8-17(3)11-20(6-2)15(12)16(13)21/h7,21H,5-6,8-11H2,1-4H3. The monoisotopic (exact) mass is 290 g/mol. The molecule has 0 amide bonds. The van der Waals surface area contributed by atoms with Gasteiger partial charge in [0.05, 0.1) is 19.0 Å². The van der Waals surface area contributed by atoms with Crippen LogP contribution in [0.4, 0.5) is 11.4 Å². The molecule has 5 nitrogen and oxygen atoms in total. The maximum atomic E-state index is 10.9. The van der Waals surface area contributed by atoms with Gasteiger partial charge in [-0.3, -0.25) is 9.80 Å². The summed E-state index contributed by atoms with van der Waals surface area (Å²) in [6.07, 6.45) is 0. The number of hydrogen-bond acceptors (Lipinski definition) is 5. The zero-order chi connectivity index (χ0) is 15.1. The van der Waals surface area contributed by atoms with Crippen LogP contribution in [0.15, 0.2) is 6.07 Å². The van der Waals surface area contributed by atoms with Gasteiger partial charge in [0.1, 0.15) is 5.75 Å². The molecule has 1 aromatic carbocycles. The molecule has 0 radical (unpaired) electrons. The van der Waals surface area contributed by atoms with Crippen LogP contribution in [0.5, 0.6) is 5.75 Å². The van der Waals surface area contributed by atoms with Crippen molar-refractivity contribution in [2.45, 2.75) is 26.9 Å². The molecule has 0 bridgehead atoms. The number of anilines is 2. The number of rotatable bonds is 2. The molecular formula is C16H26N4O. The molecule has 2 heterocycles. The molecule has 0 fully saturated rings. The summed E-state index contributed by atoms with van der Waals surface area (Å²) in [4.78, 5) is 9.15. The van der Waals surface area contributed by atoms with Gasteiger partial charge >= 0.3 is 0 Å². The van der Waals surface area contributed by atoms with E-state index in [-0.39, 0.29) is 0 Å². The Morgan fingerprint density at radius 3 is 2.29 bits per heavy atom. The molecule has 2 aliphatic rings. The van der Waals surface area contributed by atoms with E-state index in [0.29, 0.717) is 5.75 Å². The van der Waals surface area contributed by atoms with Crippen LogP contribution in [-0.2, 0) is 13.1 Å². The minimum absolute atomic E-state index is 0.488. The molecule has 2 aliphatic heterocycles. The summed E-state index contributed by atoms with van der Waals surface area (Å²) in [5.41, 5.74) is 4.57. The highest BCUT2D eigenvalue weighted by atomic mass is 16.3. The predicted molar refractivity (Wildman–Crippen MR) is 86.8 cm³/mol. The van der Waals surface area contributed by atoms with Crippen LogP contribution in [0.25, 0.3) is 0 Å². The first-order chi connectivity index (χ1) is 10.0. The Kier molecular flexibility index (Phi) is 3.71. The lowest BCUT2D eigenvalue weighted by molar-refractivity contribution is 0.294. The number of fused-ring (bicyclic) bond motifs is 2. The van der Waals surface area contributed by atoms with Crippen molar-refractivity contribution in [1.82, 2.24) is 9.80 Å². The van der Waals surface area contributed by atoms with Crippen LogP contribution in [0.1, 0.15) is 25.0 Å². The van der Waals surface area contributed by atoms with E-state index in [1.807, 2.05) is 0 Å². The number of nitrogens with zero attached hydrogens (tertiary/aromatic N) is 4. The first-order valence-electron chi connectivity index (χ1n) is 7.79. The minimum Gasteiger partial charge on any atom is -0.505 e. The average molecular weight is 290 g/mol. The number of aromatic hydroxyl groups is 1. The van der Waals surface area contributed by atoms with E-state index in [0.717, 1.165) is 50.8 Å². The summed E-state index contributed by atoms with van der Waals surface area (Å²) in [5, 5.41) is 10.9. The SMILES string of the molecule is CCN1CN(C)Cc2c1cc1c(c2O)N(CC)CN(C)C1. The fourth-order valence-corrected chi connectivity index (χ4v) is 3.57. The van der Waals surface area contributed by atoms with Gasteiger partial charge in [0.25, 0.3) is 0 Å². The van der Waals surface area contributed by atoms with Crippen LogP contribution in [-0.4, -0.2) is 55.4 Å². The normalized spacial score (nSPS) is 19.6. The van der Waals surface area contributed by atoms with Crippen LogP contribution in [0.3, 0.4) is 0 Å². The Morgan fingerprint density at radius 2 is 1.62 bits per heavy atom. The van der Waals surface area contributed by atoms with Crippen LogP contribution < -0.4 is 9.80 Å². The van der Waals surface area contributed by atoms with Crippen molar-refractivity contribution in [3.05, 3.63) is 17.2 Å². The van der Waals surface area contributed by atoms with E-state index >= 15 is 0 Å². The fraction of sp³-hybridized carbons (Fsp3) is 0.625. The second-order valence-corrected chi connectivity index (χ2v) is 6.25. The van der Waals surface area contributed by atoms with Crippen LogP contribution in [0, 0.1) is 0 Å². The number of phenols is 1. The third kappa shape index (κ3) is 2.34. The Balaban J connectivity index is 2.15. The van der Waals surface area contributed by atoms with Crippen molar-refractivity contribution in [2.24, 2.45) is 0 Å². The highest BCUT2D eigenvalue weighted by Gasteiger charge is 2.30. The lowest BCUT2D eigenvalue weighted by Gasteiger charge is -2.41. The topological polar surface area (TPSA) is 33.2 Å². The van der Waals surface area contributed by atoms with Gasteiger partial charge in [-0.1, -0.05) is 0 Å². The van der Waals surface area contributed by atoms with Gasteiger partial charge in [0.15, 0.2) is 0 Å². The molecule has 0 atom stereocenters. The van der Waals surface area contributed by atoms with Gasteiger partial charge < -0.3 is 14.9 Å². The molecule has 1 N–H and O–H groups in total. The molecule has 0 saturated heterocycles. The fourth-order valence-electron chi connectivity index (χ4n) is 3.57. The molecule has 5 heteroatoms. The predicted octanol–water partition coefficient (Wildman–Crippen LogP) is 1.85. The van der Waals surface area contributed by atoms with Crippen LogP contribution >= 0.6 is 0 Å². The summed E-state index contributed by atoms with van der Waals surface area (Å²) >= 11 is 0. The lowest BCUT2D eigenvalue weighted by atomic mass is 9.99. The average Bonchev–Trinajstić information content (AvgIpc) is 2.46. The van der Waals surface area contributed by atoms with Crippen molar-refractivity contribution >= 4 is 11.4 Å². The maximum Gasteiger partial charge on any atom is 0.145 e. The van der Waals surface area contributed by atoms with Gasteiger partial charge in [0.2, 0.25) is 0 Å². The highest BCUT2D eigenvalue weighted by molar-refractivity contribution is 5.76. The smallest absolute Gasteiger partial charge is 0.145 e. The van der Waals surface area contributed by atoms with E-state index in [2.05, 4.69) is 53.6 Å². The van der Waals surface area contributed by atoms with Gasteiger partial charge in [-0.25, -0.2) is 0 Å². The molecule has 0 aromatic heterocycles.